The van der Waals surface area contributed by atoms with E-state index in [9.17, 15) is 9.18 Å². The third kappa shape index (κ3) is 5.00. The molecule has 3 rings (SSSR count). The summed E-state index contributed by atoms with van der Waals surface area (Å²) in [7, 11) is 0. The summed E-state index contributed by atoms with van der Waals surface area (Å²) < 4.78 is 29.1. The summed E-state index contributed by atoms with van der Waals surface area (Å²) in [5, 5.41) is 5.42. The molecule has 0 bridgehead atoms. The first-order valence-corrected chi connectivity index (χ1v) is 7.99. The largest absolute Gasteiger partial charge is 0.492 e. The van der Waals surface area contributed by atoms with Crippen LogP contribution in [-0.4, -0.2) is 32.5 Å². The minimum absolute atomic E-state index is 0.218. The Morgan fingerprint density at radius 1 is 1.08 bits per heavy atom. The standard InChI is InChI=1S/C18H19FN2O4/c19-14-3-1-2-13(10-14)6-7-20-18(22)21-8-9-23-15-4-5-16-17(11-15)25-12-24-16/h1-5,10-11H,6-9,12H2,(H2,20,21,22). The van der Waals surface area contributed by atoms with Crippen LogP contribution in [0.3, 0.4) is 0 Å². The molecule has 0 saturated heterocycles. The summed E-state index contributed by atoms with van der Waals surface area (Å²) >= 11 is 0. The first-order valence-electron chi connectivity index (χ1n) is 7.99. The lowest BCUT2D eigenvalue weighted by Gasteiger charge is -2.09. The average molecular weight is 346 g/mol. The number of fused-ring (bicyclic) bond motifs is 1. The molecule has 0 atom stereocenters. The van der Waals surface area contributed by atoms with Crippen LogP contribution in [0.1, 0.15) is 5.56 Å². The summed E-state index contributed by atoms with van der Waals surface area (Å²) in [4.78, 5) is 11.7. The van der Waals surface area contributed by atoms with Gasteiger partial charge in [-0.25, -0.2) is 9.18 Å². The second-order valence-electron chi connectivity index (χ2n) is 5.43. The van der Waals surface area contributed by atoms with Crippen LogP contribution in [-0.2, 0) is 6.42 Å². The number of hydrogen-bond donors (Lipinski definition) is 2. The Balaban J connectivity index is 1.30. The predicted octanol–water partition coefficient (Wildman–Crippen LogP) is 2.48. The van der Waals surface area contributed by atoms with Gasteiger partial charge in [0.2, 0.25) is 6.79 Å². The minimum Gasteiger partial charge on any atom is -0.492 e. The van der Waals surface area contributed by atoms with Crippen molar-refractivity contribution in [2.45, 2.75) is 6.42 Å². The molecule has 2 aromatic rings. The van der Waals surface area contributed by atoms with Crippen molar-refractivity contribution in [3.05, 3.63) is 53.8 Å². The summed E-state index contributed by atoms with van der Waals surface area (Å²) in [5.74, 6) is 1.73. The Morgan fingerprint density at radius 2 is 1.92 bits per heavy atom. The number of nitrogens with one attached hydrogen (secondary N) is 2. The van der Waals surface area contributed by atoms with Crippen molar-refractivity contribution in [2.75, 3.05) is 26.5 Å². The monoisotopic (exact) mass is 346 g/mol. The zero-order valence-corrected chi connectivity index (χ0v) is 13.6. The number of hydrogen-bond acceptors (Lipinski definition) is 4. The topological polar surface area (TPSA) is 68.8 Å². The zero-order chi connectivity index (χ0) is 17.5. The molecule has 0 spiro atoms. The van der Waals surface area contributed by atoms with E-state index in [1.54, 1.807) is 24.3 Å². The summed E-state index contributed by atoms with van der Waals surface area (Å²) in [5.41, 5.74) is 0.839. The maximum atomic E-state index is 13.0. The predicted molar refractivity (Wildman–Crippen MR) is 89.6 cm³/mol. The first kappa shape index (κ1) is 16.9. The molecule has 6 nitrogen and oxygen atoms in total. The molecule has 1 aliphatic heterocycles. The van der Waals surface area contributed by atoms with Crippen molar-refractivity contribution < 1.29 is 23.4 Å². The molecule has 0 aromatic heterocycles. The molecule has 0 saturated carbocycles. The van der Waals surface area contributed by atoms with Crippen molar-refractivity contribution in [1.29, 1.82) is 0 Å². The van der Waals surface area contributed by atoms with Gasteiger partial charge >= 0.3 is 6.03 Å². The smallest absolute Gasteiger partial charge is 0.314 e. The first-order chi connectivity index (χ1) is 12.2. The molecule has 0 unspecified atom stereocenters. The molecule has 1 heterocycles. The second-order valence-corrected chi connectivity index (χ2v) is 5.43. The number of amides is 2. The van der Waals surface area contributed by atoms with Crippen molar-refractivity contribution >= 4 is 6.03 Å². The highest BCUT2D eigenvalue weighted by Gasteiger charge is 2.13. The third-order valence-electron chi connectivity index (χ3n) is 3.59. The summed E-state index contributed by atoms with van der Waals surface area (Å²) in [6.07, 6.45) is 0.568. The molecule has 2 aromatic carbocycles. The highest BCUT2D eigenvalue weighted by atomic mass is 19.1. The molecule has 2 N–H and O–H groups in total. The van der Waals surface area contributed by atoms with Crippen molar-refractivity contribution in [3.8, 4) is 17.2 Å². The third-order valence-corrected chi connectivity index (χ3v) is 3.59. The fourth-order valence-electron chi connectivity index (χ4n) is 2.38. The van der Waals surface area contributed by atoms with E-state index >= 15 is 0 Å². The van der Waals surface area contributed by atoms with Crippen molar-refractivity contribution in [3.63, 3.8) is 0 Å². The Labute approximate surface area is 144 Å². The molecule has 0 aliphatic carbocycles. The Morgan fingerprint density at radius 3 is 2.80 bits per heavy atom. The van der Waals surface area contributed by atoms with Gasteiger partial charge in [-0.15, -0.1) is 0 Å². The second kappa shape index (κ2) is 8.23. The van der Waals surface area contributed by atoms with Crippen LogP contribution >= 0.6 is 0 Å². The number of urea groups is 1. The van der Waals surface area contributed by atoms with Gasteiger partial charge in [0.15, 0.2) is 11.5 Å². The normalized spacial score (nSPS) is 11.9. The summed E-state index contributed by atoms with van der Waals surface area (Å²) in [6, 6.07) is 11.4. The van der Waals surface area contributed by atoms with E-state index in [0.29, 0.717) is 43.4 Å². The Hall–Kier alpha value is -2.96. The van der Waals surface area contributed by atoms with Gasteiger partial charge in [-0.05, 0) is 36.2 Å². The molecular formula is C18H19FN2O4. The van der Waals surface area contributed by atoms with E-state index in [4.69, 9.17) is 14.2 Å². The van der Waals surface area contributed by atoms with Gasteiger partial charge in [0.25, 0.3) is 0 Å². The SMILES string of the molecule is O=C(NCCOc1ccc2c(c1)OCO2)NCCc1cccc(F)c1. The van der Waals surface area contributed by atoms with E-state index in [0.717, 1.165) is 5.56 Å². The summed E-state index contributed by atoms with van der Waals surface area (Å²) in [6.45, 7) is 1.34. The van der Waals surface area contributed by atoms with Crippen LogP contribution in [0.5, 0.6) is 17.2 Å². The zero-order valence-electron chi connectivity index (χ0n) is 13.6. The van der Waals surface area contributed by atoms with Crippen LogP contribution in [0.4, 0.5) is 9.18 Å². The van der Waals surface area contributed by atoms with Gasteiger partial charge in [-0.3, -0.25) is 0 Å². The highest BCUT2D eigenvalue weighted by molar-refractivity contribution is 5.73. The lowest BCUT2D eigenvalue weighted by Crippen LogP contribution is -2.38. The maximum absolute atomic E-state index is 13.0. The Bertz CT molecular complexity index is 739. The average Bonchev–Trinajstić information content (AvgIpc) is 3.06. The molecule has 1 aliphatic rings. The lowest BCUT2D eigenvalue weighted by atomic mass is 10.1. The molecule has 132 valence electrons. The Kier molecular flexibility index (Phi) is 5.56. The highest BCUT2D eigenvalue weighted by Crippen LogP contribution is 2.34. The number of carbonyl (C=O) groups excluding carboxylic acids is 1. The van der Waals surface area contributed by atoms with Gasteiger partial charge in [0, 0.05) is 12.6 Å². The number of carbonyl (C=O) groups is 1. The van der Waals surface area contributed by atoms with Crippen LogP contribution in [0.15, 0.2) is 42.5 Å². The van der Waals surface area contributed by atoms with E-state index < -0.39 is 0 Å². The molecule has 2 amide bonds. The van der Waals surface area contributed by atoms with Crippen LogP contribution in [0.2, 0.25) is 0 Å². The lowest BCUT2D eigenvalue weighted by molar-refractivity contribution is 0.173. The minimum atomic E-state index is -0.286. The van der Waals surface area contributed by atoms with Gasteiger partial charge < -0.3 is 24.8 Å². The van der Waals surface area contributed by atoms with Crippen molar-refractivity contribution in [2.24, 2.45) is 0 Å². The number of halogens is 1. The molecule has 7 heteroatoms. The molecule has 0 radical (unpaired) electrons. The van der Waals surface area contributed by atoms with E-state index in [2.05, 4.69) is 10.6 Å². The molecule has 25 heavy (non-hydrogen) atoms. The van der Waals surface area contributed by atoms with E-state index in [1.807, 2.05) is 6.07 Å². The van der Waals surface area contributed by atoms with Gasteiger partial charge in [0.05, 0.1) is 6.54 Å². The number of rotatable bonds is 7. The van der Waals surface area contributed by atoms with Crippen molar-refractivity contribution in [1.82, 2.24) is 10.6 Å². The number of ether oxygens (including phenoxy) is 3. The fourth-order valence-corrected chi connectivity index (χ4v) is 2.38. The van der Waals surface area contributed by atoms with Gasteiger partial charge in [0.1, 0.15) is 18.2 Å². The maximum Gasteiger partial charge on any atom is 0.314 e. The molecular weight excluding hydrogens is 327 g/mol. The van der Waals surface area contributed by atoms with Crippen LogP contribution in [0, 0.1) is 5.82 Å². The number of benzene rings is 2. The van der Waals surface area contributed by atoms with E-state index in [1.165, 1.54) is 12.1 Å². The van der Waals surface area contributed by atoms with Crippen LogP contribution < -0.4 is 24.8 Å². The van der Waals surface area contributed by atoms with Crippen LogP contribution in [0.25, 0.3) is 0 Å². The van der Waals surface area contributed by atoms with Gasteiger partial charge in [-0.2, -0.15) is 0 Å². The molecule has 0 fully saturated rings. The van der Waals surface area contributed by atoms with Gasteiger partial charge in [-0.1, -0.05) is 12.1 Å². The quantitative estimate of drug-likeness (QED) is 0.756. The fraction of sp³-hybridized carbons (Fsp3) is 0.278. The van der Waals surface area contributed by atoms with E-state index in [-0.39, 0.29) is 18.6 Å².